The van der Waals surface area contributed by atoms with Crippen LogP contribution in [0, 0.1) is 0 Å². The van der Waals surface area contributed by atoms with Gasteiger partial charge in [0.2, 0.25) is 0 Å². The van der Waals surface area contributed by atoms with Crippen LogP contribution in [0.15, 0.2) is 48.8 Å². The van der Waals surface area contributed by atoms with E-state index in [0.717, 1.165) is 28.8 Å². The third-order valence-corrected chi connectivity index (χ3v) is 4.96. The Hall–Kier alpha value is -2.86. The van der Waals surface area contributed by atoms with Crippen LogP contribution in [0.25, 0.3) is 22.3 Å². The molecule has 6 nitrogen and oxygen atoms in total. The van der Waals surface area contributed by atoms with Crippen molar-refractivity contribution in [1.82, 2.24) is 19.5 Å². The van der Waals surface area contributed by atoms with E-state index >= 15 is 0 Å². The molecule has 0 bridgehead atoms. The molecule has 150 valence electrons. The highest BCUT2D eigenvalue weighted by Gasteiger charge is 2.25. The zero-order chi connectivity index (χ0) is 20.6. The Morgan fingerprint density at radius 3 is 2.83 bits per heavy atom. The molecule has 0 saturated carbocycles. The van der Waals surface area contributed by atoms with E-state index in [9.17, 15) is 4.79 Å². The summed E-state index contributed by atoms with van der Waals surface area (Å²) in [5.74, 6) is 0. The average Bonchev–Trinajstić information content (AvgIpc) is 3.11. The number of hydrogen-bond acceptors (Lipinski definition) is 4. The first-order valence-electron chi connectivity index (χ1n) is 9.58. The highest BCUT2D eigenvalue weighted by Crippen LogP contribution is 2.31. The molecule has 1 amide bonds. The predicted octanol–water partition coefficient (Wildman–Crippen LogP) is 5.07. The fraction of sp³-hybridized carbons (Fsp3) is 0.318. The van der Waals surface area contributed by atoms with Gasteiger partial charge in [0.05, 0.1) is 34.7 Å². The topological polar surface area (TPSA) is 59.7 Å². The number of pyridine rings is 2. The van der Waals surface area contributed by atoms with Crippen molar-refractivity contribution in [2.75, 3.05) is 13.1 Å². The molecule has 0 aromatic carbocycles. The quantitative estimate of drug-likeness (QED) is 0.591. The summed E-state index contributed by atoms with van der Waals surface area (Å²) >= 11 is 6.48. The number of fused-ring (bicyclic) bond motifs is 1. The zero-order valence-corrected chi connectivity index (χ0v) is 17.5. The number of halogens is 1. The van der Waals surface area contributed by atoms with Crippen molar-refractivity contribution in [3.8, 4) is 11.3 Å². The predicted molar refractivity (Wildman–Crippen MR) is 114 cm³/mol. The Labute approximate surface area is 174 Å². The second-order valence-corrected chi connectivity index (χ2v) is 8.44. The molecule has 0 unspecified atom stereocenters. The molecule has 3 aromatic heterocycles. The third kappa shape index (κ3) is 4.12. The Bertz CT molecular complexity index is 1100. The van der Waals surface area contributed by atoms with Crippen LogP contribution < -0.4 is 0 Å². The van der Waals surface area contributed by atoms with E-state index in [0.29, 0.717) is 23.8 Å². The van der Waals surface area contributed by atoms with Crippen molar-refractivity contribution in [2.45, 2.75) is 32.8 Å². The molecular formula is C22H23ClN4O2. The van der Waals surface area contributed by atoms with Gasteiger partial charge in [0.25, 0.3) is 0 Å². The van der Waals surface area contributed by atoms with Gasteiger partial charge in [-0.2, -0.15) is 5.10 Å². The molecule has 1 aliphatic heterocycles. The molecular weight excluding hydrogens is 388 g/mol. The van der Waals surface area contributed by atoms with Gasteiger partial charge in [-0.05, 0) is 57.0 Å². The van der Waals surface area contributed by atoms with Crippen molar-refractivity contribution in [3.63, 3.8) is 0 Å². The highest BCUT2D eigenvalue weighted by molar-refractivity contribution is 6.33. The number of amides is 1. The normalized spacial score (nSPS) is 14.8. The SMILES string of the molecule is CC(C)(C)OC(=O)N1CCC=C(c2ccc(Cl)c(-c3cnn4ccccc34)n2)C1. The number of nitrogens with zero attached hydrogens (tertiary/aromatic N) is 4. The van der Waals surface area contributed by atoms with Gasteiger partial charge < -0.3 is 9.64 Å². The molecule has 3 aromatic rings. The number of carbonyl (C=O) groups is 1. The molecule has 7 heteroatoms. The van der Waals surface area contributed by atoms with Gasteiger partial charge in [0.15, 0.2) is 0 Å². The minimum atomic E-state index is -0.520. The van der Waals surface area contributed by atoms with E-state index in [1.165, 1.54) is 0 Å². The van der Waals surface area contributed by atoms with E-state index in [2.05, 4.69) is 11.2 Å². The minimum absolute atomic E-state index is 0.306. The first kappa shape index (κ1) is 19.5. The number of rotatable bonds is 2. The van der Waals surface area contributed by atoms with E-state index < -0.39 is 5.60 Å². The molecule has 0 saturated heterocycles. The number of hydrogen-bond donors (Lipinski definition) is 0. The summed E-state index contributed by atoms with van der Waals surface area (Å²) < 4.78 is 7.31. The minimum Gasteiger partial charge on any atom is -0.444 e. The first-order valence-corrected chi connectivity index (χ1v) is 9.96. The summed E-state index contributed by atoms with van der Waals surface area (Å²) in [5.41, 5.74) is 3.75. The monoisotopic (exact) mass is 410 g/mol. The third-order valence-electron chi connectivity index (χ3n) is 4.66. The Morgan fingerprint density at radius 2 is 2.03 bits per heavy atom. The summed E-state index contributed by atoms with van der Waals surface area (Å²) in [6.45, 7) is 6.70. The van der Waals surface area contributed by atoms with Crippen LogP contribution in [0.4, 0.5) is 4.79 Å². The molecule has 29 heavy (non-hydrogen) atoms. The summed E-state index contributed by atoms with van der Waals surface area (Å²) in [6.07, 6.45) is 6.23. The van der Waals surface area contributed by atoms with Gasteiger partial charge in [-0.1, -0.05) is 23.7 Å². The average molecular weight is 411 g/mol. The Morgan fingerprint density at radius 1 is 1.21 bits per heavy atom. The molecule has 0 fully saturated rings. The maximum Gasteiger partial charge on any atom is 0.410 e. The Kier molecular flexibility index (Phi) is 5.04. The molecule has 4 rings (SSSR count). The second-order valence-electron chi connectivity index (χ2n) is 8.04. The first-order chi connectivity index (χ1) is 13.8. The van der Waals surface area contributed by atoms with E-state index in [1.54, 1.807) is 15.6 Å². The van der Waals surface area contributed by atoms with Crippen LogP contribution in [0.2, 0.25) is 5.02 Å². The lowest BCUT2D eigenvalue weighted by Crippen LogP contribution is -2.39. The van der Waals surface area contributed by atoms with Gasteiger partial charge in [-0.25, -0.2) is 14.3 Å². The fourth-order valence-electron chi connectivity index (χ4n) is 3.34. The lowest BCUT2D eigenvalue weighted by Gasteiger charge is -2.30. The number of ether oxygens (including phenoxy) is 1. The van der Waals surface area contributed by atoms with Crippen LogP contribution in [0.1, 0.15) is 32.9 Å². The number of carbonyl (C=O) groups excluding carboxylic acids is 1. The van der Waals surface area contributed by atoms with Crippen molar-refractivity contribution >= 4 is 28.8 Å². The standard InChI is InChI=1S/C22H23ClN4O2/c1-22(2,3)29-21(28)26-11-6-7-15(14-26)18-10-9-17(23)20(25-18)16-13-24-27-12-5-4-8-19(16)27/h4-5,7-10,12-13H,6,11,14H2,1-3H3. The molecule has 0 radical (unpaired) electrons. The maximum atomic E-state index is 12.5. The zero-order valence-electron chi connectivity index (χ0n) is 16.7. The second kappa shape index (κ2) is 7.52. The molecule has 4 heterocycles. The Balaban J connectivity index is 1.64. The molecule has 0 N–H and O–H groups in total. The van der Waals surface area contributed by atoms with Gasteiger partial charge in [0, 0.05) is 18.3 Å². The maximum absolute atomic E-state index is 12.5. The van der Waals surface area contributed by atoms with Gasteiger partial charge >= 0.3 is 6.09 Å². The summed E-state index contributed by atoms with van der Waals surface area (Å²) in [4.78, 5) is 19.0. The summed E-state index contributed by atoms with van der Waals surface area (Å²) in [7, 11) is 0. The molecule has 1 aliphatic rings. The van der Waals surface area contributed by atoms with Crippen molar-refractivity contribution < 1.29 is 9.53 Å². The summed E-state index contributed by atoms with van der Waals surface area (Å²) in [6, 6.07) is 9.60. The lowest BCUT2D eigenvalue weighted by atomic mass is 10.0. The van der Waals surface area contributed by atoms with Crippen LogP contribution in [0.5, 0.6) is 0 Å². The smallest absolute Gasteiger partial charge is 0.410 e. The van der Waals surface area contributed by atoms with Gasteiger partial charge in [-0.15, -0.1) is 0 Å². The van der Waals surface area contributed by atoms with E-state index in [4.69, 9.17) is 21.3 Å². The molecule has 0 spiro atoms. The van der Waals surface area contributed by atoms with Crippen LogP contribution in [0.3, 0.4) is 0 Å². The molecule has 0 atom stereocenters. The fourth-order valence-corrected chi connectivity index (χ4v) is 3.55. The van der Waals surface area contributed by atoms with Crippen molar-refractivity contribution in [1.29, 1.82) is 0 Å². The van der Waals surface area contributed by atoms with Crippen LogP contribution in [-0.4, -0.2) is 44.3 Å². The van der Waals surface area contributed by atoms with Crippen LogP contribution >= 0.6 is 11.6 Å². The summed E-state index contributed by atoms with van der Waals surface area (Å²) in [5, 5.41) is 4.94. The van der Waals surface area contributed by atoms with Gasteiger partial charge in [0.1, 0.15) is 5.60 Å². The van der Waals surface area contributed by atoms with E-state index in [-0.39, 0.29) is 6.09 Å². The number of aromatic nitrogens is 3. The lowest BCUT2D eigenvalue weighted by molar-refractivity contribution is 0.0273. The van der Waals surface area contributed by atoms with Crippen molar-refractivity contribution in [2.24, 2.45) is 0 Å². The van der Waals surface area contributed by atoms with Crippen molar-refractivity contribution in [3.05, 3.63) is 59.5 Å². The highest BCUT2D eigenvalue weighted by atomic mass is 35.5. The van der Waals surface area contributed by atoms with Crippen LogP contribution in [-0.2, 0) is 4.74 Å². The van der Waals surface area contributed by atoms with Gasteiger partial charge in [-0.3, -0.25) is 0 Å². The van der Waals surface area contributed by atoms with E-state index in [1.807, 2.05) is 57.3 Å². The molecule has 0 aliphatic carbocycles. The largest absolute Gasteiger partial charge is 0.444 e.